The van der Waals surface area contributed by atoms with E-state index in [-0.39, 0.29) is 5.82 Å². The zero-order valence-electron chi connectivity index (χ0n) is 8.76. The molecule has 1 rings (SSSR count). The van der Waals surface area contributed by atoms with Crippen LogP contribution in [0.3, 0.4) is 0 Å². The maximum Gasteiger partial charge on any atom is 0.126 e. The lowest BCUT2D eigenvalue weighted by Gasteiger charge is -2.22. The molecule has 0 aliphatic rings. The number of benzene rings is 1. The molecule has 0 amide bonds. The lowest BCUT2D eigenvalue weighted by Crippen LogP contribution is -2.27. The van der Waals surface area contributed by atoms with Crippen LogP contribution in [0.15, 0.2) is 24.3 Å². The van der Waals surface area contributed by atoms with Gasteiger partial charge in [0.1, 0.15) is 5.82 Å². The van der Waals surface area contributed by atoms with Crippen LogP contribution < -0.4 is 0 Å². The van der Waals surface area contributed by atoms with E-state index in [2.05, 4.69) is 0 Å². The van der Waals surface area contributed by atoms with E-state index >= 15 is 0 Å². The highest BCUT2D eigenvalue weighted by atomic mass is 19.1. The van der Waals surface area contributed by atoms with Crippen molar-refractivity contribution in [3.8, 4) is 0 Å². The number of halogens is 1. The zero-order chi connectivity index (χ0) is 10.6. The lowest BCUT2D eigenvalue weighted by molar-refractivity contribution is 0.0497. The van der Waals surface area contributed by atoms with Gasteiger partial charge in [0.25, 0.3) is 0 Å². The highest BCUT2D eigenvalue weighted by molar-refractivity contribution is 5.19. The second-order valence-corrected chi connectivity index (χ2v) is 4.02. The smallest absolute Gasteiger partial charge is 0.126 e. The molecule has 0 fully saturated rings. The molecule has 1 N–H and O–H groups in total. The van der Waals surface area contributed by atoms with Crippen LogP contribution in [0.2, 0.25) is 0 Å². The summed E-state index contributed by atoms with van der Waals surface area (Å²) in [7, 11) is 0. The van der Waals surface area contributed by atoms with Gasteiger partial charge in [-0.15, -0.1) is 0 Å². The van der Waals surface area contributed by atoms with Gasteiger partial charge in [-0.1, -0.05) is 31.5 Å². The standard InChI is InChI=1S/C12H17FO/c1-3-8-12(2,14)9-10-6-4-5-7-11(10)13/h4-7,14H,3,8-9H2,1-2H3. The van der Waals surface area contributed by atoms with Crippen molar-refractivity contribution >= 4 is 0 Å². The Kier molecular flexibility index (Phi) is 3.64. The predicted octanol–water partition coefficient (Wildman–Crippen LogP) is 2.92. The van der Waals surface area contributed by atoms with Gasteiger partial charge in [-0.2, -0.15) is 0 Å². The topological polar surface area (TPSA) is 20.2 Å². The first kappa shape index (κ1) is 11.2. The van der Waals surface area contributed by atoms with Crippen LogP contribution >= 0.6 is 0 Å². The first-order valence-electron chi connectivity index (χ1n) is 5.01. The molecular formula is C12H17FO. The number of rotatable bonds is 4. The van der Waals surface area contributed by atoms with Crippen LogP contribution in [0.4, 0.5) is 4.39 Å². The van der Waals surface area contributed by atoms with Crippen molar-refractivity contribution in [2.75, 3.05) is 0 Å². The first-order valence-corrected chi connectivity index (χ1v) is 5.01. The highest BCUT2D eigenvalue weighted by Gasteiger charge is 2.20. The van der Waals surface area contributed by atoms with Crippen LogP contribution in [0, 0.1) is 5.82 Å². The van der Waals surface area contributed by atoms with Crippen molar-refractivity contribution in [2.24, 2.45) is 0 Å². The maximum atomic E-state index is 13.2. The molecule has 0 saturated carbocycles. The summed E-state index contributed by atoms with van der Waals surface area (Å²) < 4.78 is 13.2. The van der Waals surface area contributed by atoms with Crippen LogP contribution in [0.1, 0.15) is 32.3 Å². The summed E-state index contributed by atoms with van der Waals surface area (Å²) in [6.07, 6.45) is 1.98. The fourth-order valence-corrected chi connectivity index (χ4v) is 1.68. The van der Waals surface area contributed by atoms with Crippen molar-refractivity contribution in [3.05, 3.63) is 35.6 Å². The van der Waals surface area contributed by atoms with Gasteiger partial charge in [-0.05, 0) is 25.0 Å². The molecule has 1 unspecified atom stereocenters. The minimum atomic E-state index is -0.795. The fraction of sp³-hybridized carbons (Fsp3) is 0.500. The van der Waals surface area contributed by atoms with Gasteiger partial charge < -0.3 is 5.11 Å². The Morgan fingerprint density at radius 2 is 2.00 bits per heavy atom. The Balaban J connectivity index is 2.73. The highest BCUT2D eigenvalue weighted by Crippen LogP contribution is 2.20. The Bertz CT molecular complexity index is 294. The van der Waals surface area contributed by atoms with Crippen LogP contribution in [0.25, 0.3) is 0 Å². The summed E-state index contributed by atoms with van der Waals surface area (Å²) in [5, 5.41) is 9.93. The van der Waals surface area contributed by atoms with Gasteiger partial charge in [0, 0.05) is 6.42 Å². The first-order chi connectivity index (χ1) is 6.55. The molecule has 0 aliphatic carbocycles. The third kappa shape index (κ3) is 3.11. The van der Waals surface area contributed by atoms with E-state index < -0.39 is 5.60 Å². The maximum absolute atomic E-state index is 13.2. The van der Waals surface area contributed by atoms with Crippen molar-refractivity contribution in [1.82, 2.24) is 0 Å². The molecule has 0 heterocycles. The van der Waals surface area contributed by atoms with Gasteiger partial charge in [0.2, 0.25) is 0 Å². The van der Waals surface area contributed by atoms with E-state index in [0.29, 0.717) is 18.4 Å². The molecule has 0 saturated heterocycles. The minimum Gasteiger partial charge on any atom is -0.390 e. The molecule has 0 aliphatic heterocycles. The van der Waals surface area contributed by atoms with Gasteiger partial charge in [0.15, 0.2) is 0 Å². The molecule has 78 valence electrons. The summed E-state index contributed by atoms with van der Waals surface area (Å²) in [6, 6.07) is 6.60. The molecule has 0 aromatic heterocycles. The van der Waals surface area contributed by atoms with Gasteiger partial charge in [0.05, 0.1) is 5.60 Å². The summed E-state index contributed by atoms with van der Waals surface area (Å²) >= 11 is 0. The monoisotopic (exact) mass is 196 g/mol. The fourth-order valence-electron chi connectivity index (χ4n) is 1.68. The second kappa shape index (κ2) is 4.56. The van der Waals surface area contributed by atoms with Crippen molar-refractivity contribution in [2.45, 2.75) is 38.7 Å². The molecule has 1 aromatic carbocycles. The van der Waals surface area contributed by atoms with Crippen molar-refractivity contribution in [1.29, 1.82) is 0 Å². The molecule has 14 heavy (non-hydrogen) atoms. The third-order valence-corrected chi connectivity index (χ3v) is 2.32. The average Bonchev–Trinajstić information content (AvgIpc) is 2.08. The Hall–Kier alpha value is -0.890. The molecule has 1 nitrogen and oxygen atoms in total. The SMILES string of the molecule is CCCC(C)(O)Cc1ccccc1F. The molecular weight excluding hydrogens is 179 g/mol. The summed E-state index contributed by atoms with van der Waals surface area (Å²) in [5.74, 6) is -0.233. The largest absolute Gasteiger partial charge is 0.390 e. The van der Waals surface area contributed by atoms with Gasteiger partial charge in [-0.25, -0.2) is 4.39 Å². The van der Waals surface area contributed by atoms with Crippen LogP contribution in [-0.2, 0) is 6.42 Å². The number of aliphatic hydroxyl groups is 1. The van der Waals surface area contributed by atoms with Crippen molar-refractivity contribution in [3.63, 3.8) is 0 Å². The predicted molar refractivity (Wildman–Crippen MR) is 55.6 cm³/mol. The molecule has 0 bridgehead atoms. The second-order valence-electron chi connectivity index (χ2n) is 4.02. The average molecular weight is 196 g/mol. The minimum absolute atomic E-state index is 0.233. The van der Waals surface area contributed by atoms with Crippen LogP contribution in [-0.4, -0.2) is 10.7 Å². The van der Waals surface area contributed by atoms with E-state index in [0.717, 1.165) is 6.42 Å². The molecule has 0 spiro atoms. The quantitative estimate of drug-likeness (QED) is 0.785. The molecule has 0 radical (unpaired) electrons. The van der Waals surface area contributed by atoms with E-state index in [1.807, 2.05) is 6.92 Å². The Labute approximate surface area is 84.6 Å². The molecule has 2 heteroatoms. The van der Waals surface area contributed by atoms with Gasteiger partial charge >= 0.3 is 0 Å². The lowest BCUT2D eigenvalue weighted by atomic mass is 9.92. The number of hydrogen-bond acceptors (Lipinski definition) is 1. The Morgan fingerprint density at radius 1 is 1.36 bits per heavy atom. The van der Waals surface area contributed by atoms with E-state index in [1.165, 1.54) is 6.07 Å². The zero-order valence-corrected chi connectivity index (χ0v) is 8.76. The molecule has 1 atom stereocenters. The van der Waals surface area contributed by atoms with Crippen LogP contribution in [0.5, 0.6) is 0 Å². The summed E-state index contributed by atoms with van der Waals surface area (Å²) in [6.45, 7) is 3.76. The number of hydrogen-bond donors (Lipinski definition) is 1. The summed E-state index contributed by atoms with van der Waals surface area (Å²) in [4.78, 5) is 0. The van der Waals surface area contributed by atoms with Crippen molar-refractivity contribution < 1.29 is 9.50 Å². The Morgan fingerprint density at radius 3 is 2.57 bits per heavy atom. The van der Waals surface area contributed by atoms with E-state index in [1.54, 1.807) is 25.1 Å². The third-order valence-electron chi connectivity index (χ3n) is 2.32. The normalized spacial score (nSPS) is 15.1. The molecule has 1 aromatic rings. The summed E-state index contributed by atoms with van der Waals surface area (Å²) in [5.41, 5.74) is -0.206. The van der Waals surface area contributed by atoms with E-state index in [4.69, 9.17) is 0 Å². The van der Waals surface area contributed by atoms with E-state index in [9.17, 15) is 9.50 Å². The van der Waals surface area contributed by atoms with Gasteiger partial charge in [-0.3, -0.25) is 0 Å².